The molecule has 0 heteroatoms. The van der Waals surface area contributed by atoms with Crippen LogP contribution in [0.4, 0.5) is 0 Å². The van der Waals surface area contributed by atoms with Gasteiger partial charge in [-0.05, 0) is 66.8 Å². The lowest BCUT2D eigenvalue weighted by Gasteiger charge is -2.09. The maximum atomic E-state index is 2.34. The van der Waals surface area contributed by atoms with Gasteiger partial charge < -0.3 is 0 Å². The van der Waals surface area contributed by atoms with Gasteiger partial charge in [0.2, 0.25) is 0 Å². The lowest BCUT2D eigenvalue weighted by molar-refractivity contribution is 1.17. The number of benzene rings is 1. The smallest absolute Gasteiger partial charge is 0.0151 e. The zero-order valence-corrected chi connectivity index (χ0v) is 8.86. The molecule has 0 nitrogen and oxygen atoms in total. The Labute approximate surface area is 79.6 Å². The quantitative estimate of drug-likeness (QED) is 0.560. The minimum atomic E-state index is 1.11. The van der Waals surface area contributed by atoms with E-state index in [0.29, 0.717) is 0 Å². The van der Waals surface area contributed by atoms with Crippen LogP contribution in [0.3, 0.4) is 0 Å². The molecule has 0 N–H and O–H groups in total. The minimum absolute atomic E-state index is 1.11. The van der Waals surface area contributed by atoms with Crippen molar-refractivity contribution in [1.82, 2.24) is 0 Å². The minimum Gasteiger partial charge on any atom is -0.0726 e. The second kappa shape index (κ2) is 2.73. The lowest BCUT2D eigenvalue weighted by Crippen LogP contribution is -2.29. The van der Waals surface area contributed by atoms with Crippen molar-refractivity contribution in [2.24, 2.45) is 0 Å². The fraction of sp³-hybridized carbons (Fsp3) is 0.385. The van der Waals surface area contributed by atoms with Crippen molar-refractivity contribution >= 4 is 12.2 Å². The van der Waals surface area contributed by atoms with Gasteiger partial charge in [-0.1, -0.05) is 12.2 Å². The summed E-state index contributed by atoms with van der Waals surface area (Å²) in [5.41, 5.74) is 5.85. The van der Waals surface area contributed by atoms with Crippen LogP contribution in [0, 0.1) is 27.7 Å². The molecule has 1 aromatic rings. The van der Waals surface area contributed by atoms with Gasteiger partial charge in [0.25, 0.3) is 0 Å². The maximum absolute atomic E-state index is 2.34. The Balaban J connectivity index is 3.04. The lowest BCUT2D eigenvalue weighted by atomic mass is 9.96. The van der Waals surface area contributed by atoms with E-state index < -0.39 is 0 Å². The number of rotatable bonds is 0. The van der Waals surface area contributed by atoms with Gasteiger partial charge in [-0.25, -0.2) is 0 Å². The highest BCUT2D eigenvalue weighted by Gasteiger charge is 2.07. The molecule has 0 unspecified atom stereocenters. The van der Waals surface area contributed by atoms with Crippen LogP contribution in [0.2, 0.25) is 0 Å². The molecule has 68 valence electrons. The van der Waals surface area contributed by atoms with Crippen molar-refractivity contribution in [3.8, 4) is 0 Å². The first-order valence-corrected chi connectivity index (χ1v) is 4.89. The van der Waals surface area contributed by atoms with E-state index in [-0.39, 0.29) is 0 Å². The number of fused-ring (bicyclic) bond motifs is 1. The summed E-state index contributed by atoms with van der Waals surface area (Å²) in [7, 11) is 0. The van der Waals surface area contributed by atoms with Gasteiger partial charge in [-0.2, -0.15) is 0 Å². The van der Waals surface area contributed by atoms with Crippen LogP contribution in [0.15, 0.2) is 0 Å². The Kier molecular flexibility index (Phi) is 1.80. The summed E-state index contributed by atoms with van der Waals surface area (Å²) < 4.78 is 0. The van der Waals surface area contributed by atoms with E-state index in [9.17, 15) is 0 Å². The molecule has 1 aliphatic carbocycles. The van der Waals surface area contributed by atoms with E-state index in [1.165, 1.54) is 32.7 Å². The van der Waals surface area contributed by atoms with E-state index in [4.69, 9.17) is 0 Å². The van der Waals surface area contributed by atoms with Gasteiger partial charge >= 0.3 is 0 Å². The van der Waals surface area contributed by atoms with Crippen LogP contribution in [0.5, 0.6) is 0 Å². The summed E-state index contributed by atoms with van der Waals surface area (Å²) >= 11 is 0. The molecule has 0 amide bonds. The van der Waals surface area contributed by atoms with Crippen molar-refractivity contribution in [2.45, 2.75) is 34.1 Å². The topological polar surface area (TPSA) is 0 Å². The highest BCUT2D eigenvalue weighted by atomic mass is 14.1. The molecule has 1 aliphatic rings. The normalized spacial score (nSPS) is 13.5. The first-order chi connectivity index (χ1) is 6.13. The number of hydrogen-bond acceptors (Lipinski definition) is 0. The Hall–Kier alpha value is -1.04. The van der Waals surface area contributed by atoms with Gasteiger partial charge in [0.1, 0.15) is 0 Å². The van der Waals surface area contributed by atoms with Crippen molar-refractivity contribution in [3.05, 3.63) is 32.7 Å². The highest BCUT2D eigenvalue weighted by Crippen LogP contribution is 2.11. The van der Waals surface area contributed by atoms with Gasteiger partial charge in [-0.15, -0.1) is 0 Å². The Bertz CT molecular complexity index is 431. The molecule has 0 saturated carbocycles. The highest BCUT2D eigenvalue weighted by molar-refractivity contribution is 5.54. The first-order valence-electron chi connectivity index (χ1n) is 4.89. The molecule has 0 atom stereocenters. The summed E-state index contributed by atoms with van der Waals surface area (Å²) in [5.74, 6) is 0. The van der Waals surface area contributed by atoms with Crippen LogP contribution in [0.25, 0.3) is 12.2 Å². The molecule has 0 aromatic heterocycles. The second-order valence-corrected chi connectivity index (χ2v) is 3.97. The molecule has 0 bridgehead atoms. The van der Waals surface area contributed by atoms with E-state index in [0.717, 1.165) is 6.42 Å². The number of hydrogen-bond donors (Lipinski definition) is 0. The van der Waals surface area contributed by atoms with Crippen molar-refractivity contribution in [2.75, 3.05) is 0 Å². The van der Waals surface area contributed by atoms with E-state index in [2.05, 4.69) is 39.8 Å². The Morgan fingerprint density at radius 1 is 0.692 bits per heavy atom. The van der Waals surface area contributed by atoms with Crippen LogP contribution in [-0.4, -0.2) is 0 Å². The van der Waals surface area contributed by atoms with Gasteiger partial charge in [-0.3, -0.25) is 0 Å². The molecule has 0 saturated heterocycles. The summed E-state index contributed by atoms with van der Waals surface area (Å²) in [5, 5.41) is 2.95. The van der Waals surface area contributed by atoms with Crippen LogP contribution < -0.4 is 10.4 Å². The molecule has 0 aliphatic heterocycles. The monoisotopic (exact) mass is 172 g/mol. The molecule has 0 fully saturated rings. The van der Waals surface area contributed by atoms with Gasteiger partial charge in [0.15, 0.2) is 0 Å². The summed E-state index contributed by atoms with van der Waals surface area (Å²) in [6.07, 6.45) is 5.79. The molecule has 0 spiro atoms. The average Bonchev–Trinajstić information content (AvgIpc) is 2.59. The predicted octanol–water partition coefficient (Wildman–Crippen LogP) is 1.88. The maximum Gasteiger partial charge on any atom is -0.0151 e. The first kappa shape index (κ1) is 8.55. The van der Waals surface area contributed by atoms with Crippen LogP contribution in [-0.2, 0) is 0 Å². The van der Waals surface area contributed by atoms with Crippen LogP contribution in [0.1, 0.15) is 28.7 Å². The van der Waals surface area contributed by atoms with Crippen molar-refractivity contribution in [1.29, 1.82) is 0 Å². The van der Waals surface area contributed by atoms with Crippen molar-refractivity contribution in [3.63, 3.8) is 0 Å². The fourth-order valence-corrected chi connectivity index (χ4v) is 2.19. The van der Waals surface area contributed by atoms with E-state index >= 15 is 0 Å². The average molecular weight is 172 g/mol. The predicted molar refractivity (Wildman–Crippen MR) is 58.2 cm³/mol. The second-order valence-electron chi connectivity index (χ2n) is 3.97. The third-order valence-corrected chi connectivity index (χ3v) is 3.43. The summed E-state index contributed by atoms with van der Waals surface area (Å²) in [6, 6.07) is 0. The zero-order chi connectivity index (χ0) is 9.59. The largest absolute Gasteiger partial charge is 0.0726 e. The molecule has 0 radical (unpaired) electrons. The molecule has 0 heterocycles. The third-order valence-electron chi connectivity index (χ3n) is 3.43. The zero-order valence-electron chi connectivity index (χ0n) is 8.86. The molecular formula is C13H16. The molecule has 13 heavy (non-hydrogen) atoms. The fourth-order valence-electron chi connectivity index (χ4n) is 2.19. The summed E-state index contributed by atoms with van der Waals surface area (Å²) in [6.45, 7) is 8.92. The Morgan fingerprint density at radius 3 is 1.46 bits per heavy atom. The SMILES string of the molecule is Cc1c(C)c(C)c2c(c1C)=CCC=2. The molecular weight excluding hydrogens is 156 g/mol. The van der Waals surface area contributed by atoms with E-state index in [1.54, 1.807) is 0 Å². The standard InChI is InChI=1S/C13H16/c1-8-9(2)11(4)13-7-5-6-12(13)10(8)3/h6-7H,5H2,1-4H3. The van der Waals surface area contributed by atoms with Crippen LogP contribution >= 0.6 is 0 Å². The van der Waals surface area contributed by atoms with Gasteiger partial charge in [0.05, 0.1) is 0 Å². The summed E-state index contributed by atoms with van der Waals surface area (Å²) in [4.78, 5) is 0. The van der Waals surface area contributed by atoms with E-state index in [1.807, 2.05) is 0 Å². The van der Waals surface area contributed by atoms with Crippen molar-refractivity contribution < 1.29 is 0 Å². The van der Waals surface area contributed by atoms with Gasteiger partial charge in [0, 0.05) is 0 Å². The molecule has 2 rings (SSSR count). The third kappa shape index (κ3) is 1.05. The molecule has 1 aromatic carbocycles. The Morgan fingerprint density at radius 2 is 1.08 bits per heavy atom.